The third kappa shape index (κ3) is 4.04. The first-order valence-corrected chi connectivity index (χ1v) is 5.14. The molecular formula is C11H14N2O5. The van der Waals surface area contributed by atoms with Gasteiger partial charge in [-0.1, -0.05) is 12.1 Å². The molecule has 0 aliphatic rings. The van der Waals surface area contributed by atoms with Gasteiger partial charge < -0.3 is 26.4 Å². The van der Waals surface area contributed by atoms with Gasteiger partial charge in [-0.25, -0.2) is 4.79 Å². The van der Waals surface area contributed by atoms with E-state index in [4.69, 9.17) is 10.8 Å². The van der Waals surface area contributed by atoms with Gasteiger partial charge in [0.1, 0.15) is 6.10 Å². The minimum atomic E-state index is -1.39. The molecule has 0 aliphatic carbocycles. The highest BCUT2D eigenvalue weighted by Gasteiger charge is 2.20. The molecule has 0 spiro atoms. The standard InChI is InChI=1S/C11H14N2O5/c12-11(18)13-7-3-1-6(2-4-7)10(17)8(14)5-9(15)16/h1-4,8,10,14,17H,5H2,(H,15,16)(H3,12,13,18). The van der Waals surface area contributed by atoms with Crippen LogP contribution in [0.2, 0.25) is 0 Å². The molecule has 18 heavy (non-hydrogen) atoms. The number of rotatable bonds is 5. The van der Waals surface area contributed by atoms with E-state index in [0.29, 0.717) is 11.3 Å². The van der Waals surface area contributed by atoms with E-state index in [1.807, 2.05) is 0 Å². The Balaban J connectivity index is 2.72. The highest BCUT2D eigenvalue weighted by atomic mass is 16.4. The van der Waals surface area contributed by atoms with E-state index in [2.05, 4.69) is 5.32 Å². The summed E-state index contributed by atoms with van der Waals surface area (Å²) in [5.74, 6) is -1.20. The van der Waals surface area contributed by atoms with Crippen LogP contribution in [0.25, 0.3) is 0 Å². The predicted molar refractivity (Wildman–Crippen MR) is 62.9 cm³/mol. The summed E-state index contributed by atoms with van der Waals surface area (Å²) in [7, 11) is 0. The monoisotopic (exact) mass is 254 g/mol. The SMILES string of the molecule is NC(=O)Nc1ccc(C(O)C(O)CC(=O)O)cc1. The first-order valence-electron chi connectivity index (χ1n) is 5.14. The number of aliphatic carboxylic acids is 1. The van der Waals surface area contributed by atoms with Gasteiger partial charge in [-0.15, -0.1) is 0 Å². The molecule has 7 heteroatoms. The number of anilines is 1. The summed E-state index contributed by atoms with van der Waals surface area (Å²) >= 11 is 0. The fourth-order valence-electron chi connectivity index (χ4n) is 1.42. The average molecular weight is 254 g/mol. The van der Waals surface area contributed by atoms with Crippen LogP contribution in [0.1, 0.15) is 18.1 Å². The fraction of sp³-hybridized carbons (Fsp3) is 0.273. The van der Waals surface area contributed by atoms with E-state index in [0.717, 1.165) is 0 Å². The fourth-order valence-corrected chi connectivity index (χ4v) is 1.42. The zero-order valence-corrected chi connectivity index (χ0v) is 9.41. The molecule has 6 N–H and O–H groups in total. The number of urea groups is 1. The molecule has 7 nitrogen and oxygen atoms in total. The van der Waals surface area contributed by atoms with Crippen molar-refractivity contribution in [1.82, 2.24) is 0 Å². The lowest BCUT2D eigenvalue weighted by molar-refractivity contribution is -0.141. The molecular weight excluding hydrogens is 240 g/mol. The van der Waals surface area contributed by atoms with Gasteiger partial charge in [-0.05, 0) is 17.7 Å². The third-order valence-electron chi connectivity index (χ3n) is 2.27. The average Bonchev–Trinajstić information content (AvgIpc) is 2.27. The van der Waals surface area contributed by atoms with Crippen LogP contribution in [0.15, 0.2) is 24.3 Å². The number of hydrogen-bond acceptors (Lipinski definition) is 4. The molecule has 0 heterocycles. The van der Waals surface area contributed by atoms with Crippen molar-refractivity contribution in [3.63, 3.8) is 0 Å². The molecule has 0 bridgehead atoms. The second-order valence-electron chi connectivity index (χ2n) is 3.72. The summed E-state index contributed by atoms with van der Waals surface area (Å²) in [5.41, 5.74) is 5.70. The van der Waals surface area contributed by atoms with Crippen molar-refractivity contribution in [3.05, 3.63) is 29.8 Å². The number of hydrogen-bond donors (Lipinski definition) is 5. The number of carbonyl (C=O) groups excluding carboxylic acids is 1. The first-order chi connectivity index (χ1) is 8.40. The van der Waals surface area contributed by atoms with Gasteiger partial charge in [-0.3, -0.25) is 4.79 Å². The van der Waals surface area contributed by atoms with Crippen molar-refractivity contribution in [1.29, 1.82) is 0 Å². The van der Waals surface area contributed by atoms with Crippen LogP contribution in [0, 0.1) is 0 Å². The number of aliphatic hydroxyl groups is 2. The molecule has 2 unspecified atom stereocenters. The van der Waals surface area contributed by atoms with Crippen LogP contribution >= 0.6 is 0 Å². The highest BCUT2D eigenvalue weighted by molar-refractivity contribution is 5.87. The van der Waals surface area contributed by atoms with Gasteiger partial charge in [0.2, 0.25) is 0 Å². The molecule has 0 saturated carbocycles. The Bertz CT molecular complexity index is 432. The van der Waals surface area contributed by atoms with Crippen molar-refractivity contribution >= 4 is 17.7 Å². The lowest BCUT2D eigenvalue weighted by Gasteiger charge is -2.16. The first kappa shape index (κ1) is 13.9. The summed E-state index contributed by atoms with van der Waals surface area (Å²) in [4.78, 5) is 21.0. The van der Waals surface area contributed by atoms with Crippen LogP contribution in [0.3, 0.4) is 0 Å². The normalized spacial score (nSPS) is 13.7. The number of amides is 2. The number of carboxylic acid groups (broad SMARTS) is 1. The zero-order valence-electron chi connectivity index (χ0n) is 9.41. The third-order valence-corrected chi connectivity index (χ3v) is 2.27. The minimum absolute atomic E-state index is 0.346. The number of nitrogens with one attached hydrogen (secondary N) is 1. The summed E-state index contributed by atoms with van der Waals surface area (Å²) in [6, 6.07) is 5.17. The quantitative estimate of drug-likeness (QED) is 0.506. The molecule has 2 atom stereocenters. The number of nitrogens with two attached hydrogens (primary N) is 1. The topological polar surface area (TPSA) is 133 Å². The van der Waals surface area contributed by atoms with E-state index in [1.165, 1.54) is 24.3 Å². The van der Waals surface area contributed by atoms with E-state index >= 15 is 0 Å². The lowest BCUT2D eigenvalue weighted by atomic mass is 10.0. The largest absolute Gasteiger partial charge is 0.481 e. The van der Waals surface area contributed by atoms with E-state index in [9.17, 15) is 19.8 Å². The number of benzene rings is 1. The number of aliphatic hydroxyl groups excluding tert-OH is 2. The molecule has 2 amide bonds. The second-order valence-corrected chi connectivity index (χ2v) is 3.72. The smallest absolute Gasteiger partial charge is 0.316 e. The highest BCUT2D eigenvalue weighted by Crippen LogP contribution is 2.20. The summed E-state index contributed by atoms with van der Waals surface area (Å²) in [5, 5.41) is 29.9. The zero-order chi connectivity index (χ0) is 13.7. The van der Waals surface area contributed by atoms with Crippen molar-refractivity contribution in [2.75, 3.05) is 5.32 Å². The molecule has 0 saturated heterocycles. The van der Waals surface area contributed by atoms with E-state index < -0.39 is 30.6 Å². The molecule has 0 aliphatic heterocycles. The van der Waals surface area contributed by atoms with Gasteiger partial charge in [0.15, 0.2) is 0 Å². The predicted octanol–water partition coefficient (Wildman–Crippen LogP) is 0.0462. The Labute approximate surface area is 103 Å². The van der Waals surface area contributed by atoms with Gasteiger partial charge in [0.05, 0.1) is 12.5 Å². The van der Waals surface area contributed by atoms with E-state index in [-0.39, 0.29) is 0 Å². The molecule has 0 radical (unpaired) electrons. The summed E-state index contributed by atoms with van der Waals surface area (Å²) in [6.45, 7) is 0. The van der Waals surface area contributed by atoms with Gasteiger partial charge in [0, 0.05) is 5.69 Å². The number of carboxylic acids is 1. The Kier molecular flexibility index (Phi) is 4.64. The molecule has 1 aromatic carbocycles. The van der Waals surface area contributed by atoms with Crippen molar-refractivity contribution in [2.45, 2.75) is 18.6 Å². The molecule has 1 rings (SSSR count). The van der Waals surface area contributed by atoms with Crippen LogP contribution in [-0.2, 0) is 4.79 Å². The van der Waals surface area contributed by atoms with Crippen molar-refractivity contribution in [2.24, 2.45) is 5.73 Å². The minimum Gasteiger partial charge on any atom is -0.481 e. The second kappa shape index (κ2) is 5.99. The summed E-state index contributed by atoms with van der Waals surface area (Å²) in [6.07, 6.45) is -3.25. The van der Waals surface area contributed by atoms with E-state index in [1.54, 1.807) is 0 Å². The number of primary amides is 1. The maximum atomic E-state index is 10.6. The summed E-state index contributed by atoms with van der Waals surface area (Å²) < 4.78 is 0. The maximum absolute atomic E-state index is 10.6. The van der Waals surface area contributed by atoms with Gasteiger partial charge in [0.25, 0.3) is 0 Å². The molecule has 0 fully saturated rings. The molecule has 98 valence electrons. The molecule has 0 aromatic heterocycles. The maximum Gasteiger partial charge on any atom is 0.316 e. The van der Waals surface area contributed by atoms with Crippen molar-refractivity contribution < 1.29 is 24.9 Å². The van der Waals surface area contributed by atoms with Crippen LogP contribution < -0.4 is 11.1 Å². The number of carbonyl (C=O) groups is 2. The molecule has 1 aromatic rings. The van der Waals surface area contributed by atoms with Crippen LogP contribution in [-0.4, -0.2) is 33.4 Å². The Morgan fingerprint density at radius 2 is 1.78 bits per heavy atom. The van der Waals surface area contributed by atoms with Crippen LogP contribution in [0.5, 0.6) is 0 Å². The van der Waals surface area contributed by atoms with Crippen LogP contribution in [0.4, 0.5) is 10.5 Å². The Morgan fingerprint density at radius 1 is 1.22 bits per heavy atom. The Hall–Kier alpha value is -2.12. The lowest BCUT2D eigenvalue weighted by Crippen LogP contribution is -2.22. The van der Waals surface area contributed by atoms with Gasteiger partial charge >= 0.3 is 12.0 Å². The Morgan fingerprint density at radius 3 is 2.22 bits per heavy atom. The van der Waals surface area contributed by atoms with Gasteiger partial charge in [-0.2, -0.15) is 0 Å². The van der Waals surface area contributed by atoms with Crippen molar-refractivity contribution in [3.8, 4) is 0 Å².